The van der Waals surface area contributed by atoms with Gasteiger partial charge in [-0.3, -0.25) is 9.59 Å². The normalized spacial score (nSPS) is 10.4. The van der Waals surface area contributed by atoms with E-state index in [1.165, 1.54) is 13.3 Å². The van der Waals surface area contributed by atoms with Gasteiger partial charge in [0.15, 0.2) is 11.5 Å². The van der Waals surface area contributed by atoms with E-state index in [-0.39, 0.29) is 12.5 Å². The molecule has 0 aliphatic heterocycles. The van der Waals surface area contributed by atoms with Gasteiger partial charge in [0.2, 0.25) is 0 Å². The highest BCUT2D eigenvalue weighted by atomic mass is 16.5. The van der Waals surface area contributed by atoms with Crippen LogP contribution < -0.4 is 20.2 Å². The fourth-order valence-corrected chi connectivity index (χ4v) is 2.12. The molecule has 0 bridgehead atoms. The molecule has 0 fully saturated rings. The zero-order valence-electron chi connectivity index (χ0n) is 14.9. The molecule has 7 heteroatoms. The summed E-state index contributed by atoms with van der Waals surface area (Å²) in [7, 11) is 3.09. The van der Waals surface area contributed by atoms with E-state index < -0.39 is 5.91 Å². The van der Waals surface area contributed by atoms with Crippen LogP contribution in [0.15, 0.2) is 47.6 Å². The lowest BCUT2D eigenvalue weighted by atomic mass is 10.1. The largest absolute Gasteiger partial charge is 0.493 e. The second-order valence-electron chi connectivity index (χ2n) is 5.46. The van der Waals surface area contributed by atoms with Gasteiger partial charge in [0, 0.05) is 5.56 Å². The number of amides is 2. The Kier molecular flexibility index (Phi) is 6.73. The van der Waals surface area contributed by atoms with Crippen LogP contribution in [0.1, 0.15) is 21.5 Å². The highest BCUT2D eigenvalue weighted by molar-refractivity contribution is 5.96. The highest BCUT2D eigenvalue weighted by Gasteiger charge is 2.07. The van der Waals surface area contributed by atoms with Gasteiger partial charge < -0.3 is 14.8 Å². The third-order valence-corrected chi connectivity index (χ3v) is 3.53. The second-order valence-corrected chi connectivity index (χ2v) is 5.46. The van der Waals surface area contributed by atoms with Gasteiger partial charge in [0.05, 0.1) is 27.0 Å². The number of nitrogens with zero attached hydrogens (tertiary/aromatic N) is 1. The molecule has 0 atom stereocenters. The minimum absolute atomic E-state index is 0.171. The molecular weight excluding hydrogens is 334 g/mol. The summed E-state index contributed by atoms with van der Waals surface area (Å²) in [5.41, 5.74) is 4.64. The number of carbonyl (C=O) groups excluding carboxylic acids is 2. The fraction of sp³-hybridized carbons (Fsp3) is 0.211. The van der Waals surface area contributed by atoms with Gasteiger partial charge in [-0.15, -0.1) is 0 Å². The molecule has 0 unspecified atom stereocenters. The average molecular weight is 355 g/mol. The Labute approximate surface area is 152 Å². The molecule has 0 aromatic heterocycles. The number of aryl methyl sites for hydroxylation is 1. The number of methoxy groups -OCH3 is 2. The molecule has 2 aromatic rings. The summed E-state index contributed by atoms with van der Waals surface area (Å²) in [6.07, 6.45) is 1.47. The van der Waals surface area contributed by atoms with Gasteiger partial charge in [0.1, 0.15) is 0 Å². The minimum Gasteiger partial charge on any atom is -0.493 e. The predicted octanol–water partition coefficient (Wildman–Crippen LogP) is 1.89. The number of rotatable bonds is 7. The molecule has 136 valence electrons. The third-order valence-electron chi connectivity index (χ3n) is 3.53. The molecule has 2 N–H and O–H groups in total. The molecule has 0 spiro atoms. The minimum atomic E-state index is -0.429. The fourth-order valence-electron chi connectivity index (χ4n) is 2.12. The molecule has 0 aliphatic rings. The quantitative estimate of drug-likeness (QED) is 0.586. The summed E-state index contributed by atoms with van der Waals surface area (Å²) in [6.45, 7) is 1.77. The topological polar surface area (TPSA) is 89.0 Å². The summed E-state index contributed by atoms with van der Waals surface area (Å²) >= 11 is 0. The molecule has 2 aromatic carbocycles. The molecule has 0 saturated heterocycles. The maximum atomic E-state index is 11.9. The molecule has 0 radical (unpaired) electrons. The SMILES string of the molecule is COc1ccc(/C=N/NC(=O)CNC(=O)c2ccc(C)cc2)cc1OC. The van der Waals surface area contributed by atoms with Crippen LogP contribution in [-0.2, 0) is 4.79 Å². The predicted molar refractivity (Wildman–Crippen MR) is 98.8 cm³/mol. The van der Waals surface area contributed by atoms with Crippen molar-refractivity contribution in [2.24, 2.45) is 5.10 Å². The van der Waals surface area contributed by atoms with E-state index in [0.717, 1.165) is 11.1 Å². The van der Waals surface area contributed by atoms with E-state index in [1.54, 1.807) is 37.4 Å². The van der Waals surface area contributed by atoms with Crippen molar-refractivity contribution in [2.75, 3.05) is 20.8 Å². The number of hydrogen-bond donors (Lipinski definition) is 2. The molecule has 0 aliphatic carbocycles. The Morgan fingerprint density at radius 1 is 1.04 bits per heavy atom. The summed E-state index contributed by atoms with van der Waals surface area (Å²) < 4.78 is 10.3. The van der Waals surface area contributed by atoms with E-state index >= 15 is 0 Å². The number of nitrogens with one attached hydrogen (secondary N) is 2. The number of hydrazone groups is 1. The van der Waals surface area contributed by atoms with Crippen LogP contribution in [0.25, 0.3) is 0 Å². The van der Waals surface area contributed by atoms with E-state index in [2.05, 4.69) is 15.8 Å². The Bertz CT molecular complexity index is 801. The molecule has 2 amide bonds. The van der Waals surface area contributed by atoms with Crippen molar-refractivity contribution in [1.29, 1.82) is 0 Å². The monoisotopic (exact) mass is 355 g/mol. The van der Waals surface area contributed by atoms with Gasteiger partial charge in [-0.1, -0.05) is 17.7 Å². The van der Waals surface area contributed by atoms with Crippen LogP contribution in [0, 0.1) is 6.92 Å². The summed E-state index contributed by atoms with van der Waals surface area (Å²) in [4.78, 5) is 23.7. The molecule has 2 rings (SSSR count). The molecule has 0 saturated carbocycles. The molecule has 0 heterocycles. The van der Waals surface area contributed by atoms with Crippen molar-refractivity contribution in [1.82, 2.24) is 10.7 Å². The number of ether oxygens (including phenoxy) is 2. The molecular formula is C19H21N3O4. The maximum Gasteiger partial charge on any atom is 0.259 e. The van der Waals surface area contributed by atoms with Crippen LogP contribution in [0.2, 0.25) is 0 Å². The van der Waals surface area contributed by atoms with Crippen LogP contribution in [0.5, 0.6) is 11.5 Å². The van der Waals surface area contributed by atoms with Crippen LogP contribution >= 0.6 is 0 Å². The van der Waals surface area contributed by atoms with E-state index in [1.807, 2.05) is 19.1 Å². The lowest BCUT2D eigenvalue weighted by molar-refractivity contribution is -0.120. The van der Waals surface area contributed by atoms with Crippen molar-refractivity contribution >= 4 is 18.0 Å². The standard InChI is InChI=1S/C19H21N3O4/c1-13-4-7-15(8-5-13)19(24)20-12-18(23)22-21-11-14-6-9-16(25-2)17(10-14)26-3/h4-11H,12H2,1-3H3,(H,20,24)(H,22,23)/b21-11+. The van der Waals surface area contributed by atoms with Crippen LogP contribution in [0.4, 0.5) is 0 Å². The average Bonchev–Trinajstić information content (AvgIpc) is 2.66. The summed E-state index contributed by atoms with van der Waals surface area (Å²) in [5, 5.41) is 6.40. The van der Waals surface area contributed by atoms with Crippen molar-refractivity contribution in [2.45, 2.75) is 6.92 Å². The smallest absolute Gasteiger partial charge is 0.259 e. The van der Waals surface area contributed by atoms with E-state index in [4.69, 9.17) is 9.47 Å². The van der Waals surface area contributed by atoms with Crippen molar-refractivity contribution in [3.05, 3.63) is 59.2 Å². The summed E-state index contributed by atoms with van der Waals surface area (Å²) in [6, 6.07) is 12.3. The Morgan fingerprint density at radius 3 is 2.38 bits per heavy atom. The van der Waals surface area contributed by atoms with Gasteiger partial charge in [-0.2, -0.15) is 5.10 Å². The number of hydrogen-bond acceptors (Lipinski definition) is 5. The number of carbonyl (C=O) groups is 2. The molecule has 7 nitrogen and oxygen atoms in total. The summed E-state index contributed by atoms with van der Waals surface area (Å²) in [5.74, 6) is 0.423. The van der Waals surface area contributed by atoms with Crippen molar-refractivity contribution < 1.29 is 19.1 Å². The lowest BCUT2D eigenvalue weighted by Crippen LogP contribution is -2.34. The van der Waals surface area contributed by atoms with Gasteiger partial charge in [0.25, 0.3) is 11.8 Å². The third kappa shape index (κ3) is 5.34. The first-order valence-electron chi connectivity index (χ1n) is 7.92. The van der Waals surface area contributed by atoms with Crippen molar-refractivity contribution in [3.8, 4) is 11.5 Å². The Hall–Kier alpha value is -3.35. The van der Waals surface area contributed by atoms with E-state index in [9.17, 15) is 9.59 Å². The van der Waals surface area contributed by atoms with Crippen LogP contribution in [0.3, 0.4) is 0 Å². The lowest BCUT2D eigenvalue weighted by Gasteiger charge is -2.07. The zero-order chi connectivity index (χ0) is 18.9. The van der Waals surface area contributed by atoms with Gasteiger partial charge in [-0.05, 0) is 42.8 Å². The zero-order valence-corrected chi connectivity index (χ0v) is 14.9. The number of benzene rings is 2. The van der Waals surface area contributed by atoms with Gasteiger partial charge >= 0.3 is 0 Å². The molecule has 26 heavy (non-hydrogen) atoms. The van der Waals surface area contributed by atoms with E-state index in [0.29, 0.717) is 17.1 Å². The van der Waals surface area contributed by atoms with Crippen molar-refractivity contribution in [3.63, 3.8) is 0 Å². The first-order valence-corrected chi connectivity index (χ1v) is 7.92. The highest BCUT2D eigenvalue weighted by Crippen LogP contribution is 2.26. The first kappa shape index (κ1) is 19.0. The van der Waals surface area contributed by atoms with Crippen LogP contribution in [-0.4, -0.2) is 38.8 Å². The Balaban J connectivity index is 1.83. The Morgan fingerprint density at radius 2 is 1.73 bits per heavy atom. The first-order chi connectivity index (χ1) is 12.5. The van der Waals surface area contributed by atoms with Gasteiger partial charge in [-0.25, -0.2) is 5.43 Å². The maximum absolute atomic E-state index is 11.9. The second kappa shape index (κ2) is 9.22.